The van der Waals surface area contributed by atoms with Gasteiger partial charge in [0.2, 0.25) is 11.8 Å². The van der Waals surface area contributed by atoms with Gasteiger partial charge in [-0.1, -0.05) is 25.1 Å². The molecule has 2 aromatic rings. The Morgan fingerprint density at radius 2 is 1.79 bits per heavy atom. The SMILES string of the molecule is CCc1cccc(C)c1N(CCC(=O)Nc1ccc(OC)c(OC)c1)C(C)=O. The molecule has 28 heavy (non-hydrogen) atoms. The molecule has 0 atom stereocenters. The Labute approximate surface area is 166 Å². The Hall–Kier alpha value is -3.02. The molecule has 0 bridgehead atoms. The zero-order chi connectivity index (χ0) is 20.7. The lowest BCUT2D eigenvalue weighted by atomic mass is 10.0. The van der Waals surface area contributed by atoms with Crippen LogP contribution in [0.2, 0.25) is 0 Å². The predicted molar refractivity (Wildman–Crippen MR) is 111 cm³/mol. The van der Waals surface area contributed by atoms with Gasteiger partial charge < -0.3 is 19.7 Å². The normalized spacial score (nSPS) is 10.3. The second-order valence-electron chi connectivity index (χ2n) is 6.47. The van der Waals surface area contributed by atoms with Gasteiger partial charge in [0, 0.05) is 37.3 Å². The van der Waals surface area contributed by atoms with Crippen LogP contribution in [0.5, 0.6) is 11.5 Å². The molecule has 0 radical (unpaired) electrons. The number of ether oxygens (including phenoxy) is 2. The molecule has 0 unspecified atom stereocenters. The lowest BCUT2D eigenvalue weighted by molar-refractivity contribution is -0.117. The summed E-state index contributed by atoms with van der Waals surface area (Å²) in [4.78, 5) is 26.4. The first-order valence-corrected chi connectivity index (χ1v) is 9.29. The summed E-state index contributed by atoms with van der Waals surface area (Å²) in [5, 5.41) is 2.84. The number of carbonyl (C=O) groups is 2. The van der Waals surface area contributed by atoms with E-state index < -0.39 is 0 Å². The molecule has 0 aromatic heterocycles. The molecule has 2 amide bonds. The first kappa shape index (κ1) is 21.3. The fraction of sp³-hybridized carbons (Fsp3) is 0.364. The number of aryl methyl sites for hydroxylation is 2. The van der Waals surface area contributed by atoms with E-state index in [1.807, 2.05) is 25.1 Å². The minimum atomic E-state index is -0.176. The number of rotatable bonds is 8. The summed E-state index contributed by atoms with van der Waals surface area (Å²) in [7, 11) is 3.10. The van der Waals surface area contributed by atoms with Crippen molar-refractivity contribution in [1.82, 2.24) is 0 Å². The molecule has 0 spiro atoms. The number of hydrogen-bond donors (Lipinski definition) is 1. The monoisotopic (exact) mass is 384 g/mol. The number of anilines is 2. The standard InChI is InChI=1S/C22H28N2O4/c1-6-17-9-7-8-15(2)22(17)24(16(3)25)13-12-21(26)23-18-10-11-19(27-4)20(14-18)28-5/h7-11,14H,6,12-13H2,1-5H3,(H,23,26). The minimum absolute atomic E-state index is 0.0806. The zero-order valence-electron chi connectivity index (χ0n) is 17.2. The van der Waals surface area contributed by atoms with E-state index in [9.17, 15) is 9.59 Å². The number of amides is 2. The number of nitrogens with zero attached hydrogens (tertiary/aromatic N) is 1. The quantitative estimate of drug-likeness (QED) is 0.748. The molecule has 1 N–H and O–H groups in total. The van der Waals surface area contributed by atoms with Crippen LogP contribution in [0.1, 0.15) is 31.4 Å². The van der Waals surface area contributed by atoms with Crippen molar-refractivity contribution in [2.45, 2.75) is 33.6 Å². The van der Waals surface area contributed by atoms with Crippen LogP contribution in [0, 0.1) is 6.92 Å². The number of benzene rings is 2. The van der Waals surface area contributed by atoms with Crippen LogP contribution in [-0.2, 0) is 16.0 Å². The van der Waals surface area contributed by atoms with Crippen molar-refractivity contribution in [2.24, 2.45) is 0 Å². The molecule has 2 rings (SSSR count). The third kappa shape index (κ3) is 5.03. The Morgan fingerprint density at radius 1 is 1.07 bits per heavy atom. The summed E-state index contributed by atoms with van der Waals surface area (Å²) >= 11 is 0. The van der Waals surface area contributed by atoms with Crippen molar-refractivity contribution in [3.05, 3.63) is 47.5 Å². The molecule has 0 aliphatic heterocycles. The maximum atomic E-state index is 12.4. The Kier molecular flexibility index (Phi) is 7.44. The molecular formula is C22H28N2O4. The molecule has 0 saturated carbocycles. The molecule has 0 heterocycles. The molecule has 150 valence electrons. The zero-order valence-corrected chi connectivity index (χ0v) is 17.2. The van der Waals surface area contributed by atoms with Crippen molar-refractivity contribution in [3.63, 3.8) is 0 Å². The van der Waals surface area contributed by atoms with Gasteiger partial charge in [-0.15, -0.1) is 0 Å². The second-order valence-corrected chi connectivity index (χ2v) is 6.47. The number of hydrogen-bond acceptors (Lipinski definition) is 4. The summed E-state index contributed by atoms with van der Waals surface area (Å²) in [6, 6.07) is 11.2. The van der Waals surface area contributed by atoms with Crippen molar-refractivity contribution < 1.29 is 19.1 Å². The largest absolute Gasteiger partial charge is 0.493 e. The number of nitrogens with one attached hydrogen (secondary N) is 1. The Morgan fingerprint density at radius 3 is 2.39 bits per heavy atom. The maximum Gasteiger partial charge on any atom is 0.226 e. The van der Waals surface area contributed by atoms with E-state index >= 15 is 0 Å². The lowest BCUT2D eigenvalue weighted by Crippen LogP contribution is -2.33. The van der Waals surface area contributed by atoms with Gasteiger partial charge in [-0.25, -0.2) is 0 Å². The highest BCUT2D eigenvalue weighted by atomic mass is 16.5. The molecule has 6 nitrogen and oxygen atoms in total. The van der Waals surface area contributed by atoms with Crippen LogP contribution >= 0.6 is 0 Å². The molecule has 0 aliphatic carbocycles. The molecule has 0 fully saturated rings. The average molecular weight is 384 g/mol. The van der Waals surface area contributed by atoms with Gasteiger partial charge in [-0.3, -0.25) is 9.59 Å². The highest BCUT2D eigenvalue weighted by Crippen LogP contribution is 2.30. The summed E-state index contributed by atoms with van der Waals surface area (Å²) in [6.45, 7) is 5.87. The maximum absolute atomic E-state index is 12.4. The van der Waals surface area contributed by atoms with Crippen LogP contribution in [0.4, 0.5) is 11.4 Å². The smallest absolute Gasteiger partial charge is 0.226 e. The van der Waals surface area contributed by atoms with Gasteiger partial charge in [0.15, 0.2) is 11.5 Å². The van der Waals surface area contributed by atoms with E-state index in [4.69, 9.17) is 9.47 Å². The van der Waals surface area contributed by atoms with E-state index in [2.05, 4.69) is 12.2 Å². The van der Waals surface area contributed by atoms with Crippen LogP contribution in [-0.4, -0.2) is 32.6 Å². The van der Waals surface area contributed by atoms with Crippen LogP contribution < -0.4 is 19.7 Å². The van der Waals surface area contributed by atoms with Gasteiger partial charge >= 0.3 is 0 Å². The van der Waals surface area contributed by atoms with E-state index in [0.717, 1.165) is 23.2 Å². The fourth-order valence-corrected chi connectivity index (χ4v) is 3.17. The van der Waals surface area contributed by atoms with Gasteiger partial charge in [0.1, 0.15) is 0 Å². The Bertz CT molecular complexity index is 848. The average Bonchev–Trinajstić information content (AvgIpc) is 2.68. The van der Waals surface area contributed by atoms with Crippen LogP contribution in [0.15, 0.2) is 36.4 Å². The predicted octanol–water partition coefficient (Wildman–Crippen LogP) is 3.96. The summed E-state index contributed by atoms with van der Waals surface area (Å²) in [6.07, 6.45) is 1.00. The highest BCUT2D eigenvalue weighted by Gasteiger charge is 2.18. The highest BCUT2D eigenvalue weighted by molar-refractivity contribution is 5.96. The van der Waals surface area contributed by atoms with Crippen molar-refractivity contribution in [3.8, 4) is 11.5 Å². The Balaban J connectivity index is 2.11. The molecule has 0 saturated heterocycles. The topological polar surface area (TPSA) is 67.9 Å². The third-order valence-corrected chi connectivity index (χ3v) is 4.58. The number of carbonyl (C=O) groups excluding carboxylic acids is 2. The summed E-state index contributed by atoms with van der Waals surface area (Å²) in [5.41, 5.74) is 3.63. The lowest BCUT2D eigenvalue weighted by Gasteiger charge is -2.25. The van der Waals surface area contributed by atoms with Gasteiger partial charge in [0.05, 0.1) is 14.2 Å². The molecular weight excluding hydrogens is 356 g/mol. The van der Waals surface area contributed by atoms with Gasteiger partial charge in [-0.2, -0.15) is 0 Å². The van der Waals surface area contributed by atoms with Gasteiger partial charge in [-0.05, 0) is 36.6 Å². The van der Waals surface area contributed by atoms with E-state index in [0.29, 0.717) is 23.7 Å². The summed E-state index contributed by atoms with van der Waals surface area (Å²) in [5.74, 6) is 0.876. The third-order valence-electron chi connectivity index (χ3n) is 4.58. The molecule has 2 aromatic carbocycles. The van der Waals surface area contributed by atoms with E-state index in [1.54, 1.807) is 37.3 Å². The number of para-hydroxylation sites is 1. The van der Waals surface area contributed by atoms with Gasteiger partial charge in [0.25, 0.3) is 0 Å². The van der Waals surface area contributed by atoms with Crippen molar-refractivity contribution in [2.75, 3.05) is 31.0 Å². The summed E-state index contributed by atoms with van der Waals surface area (Å²) < 4.78 is 10.5. The fourth-order valence-electron chi connectivity index (χ4n) is 3.17. The van der Waals surface area contributed by atoms with Crippen molar-refractivity contribution in [1.29, 1.82) is 0 Å². The molecule has 6 heteroatoms. The van der Waals surface area contributed by atoms with E-state index in [-0.39, 0.29) is 18.2 Å². The first-order valence-electron chi connectivity index (χ1n) is 9.29. The number of methoxy groups -OCH3 is 2. The second kappa shape index (κ2) is 9.78. The first-order chi connectivity index (χ1) is 13.4. The molecule has 0 aliphatic rings. The van der Waals surface area contributed by atoms with Crippen molar-refractivity contribution >= 4 is 23.2 Å². The van der Waals surface area contributed by atoms with E-state index in [1.165, 1.54) is 6.92 Å². The van der Waals surface area contributed by atoms with Crippen LogP contribution in [0.3, 0.4) is 0 Å². The van der Waals surface area contributed by atoms with Crippen LogP contribution in [0.25, 0.3) is 0 Å². The minimum Gasteiger partial charge on any atom is -0.493 e.